The van der Waals surface area contributed by atoms with Crippen molar-refractivity contribution in [3.05, 3.63) is 112 Å². The Morgan fingerprint density at radius 3 is 1.60 bits per heavy atom. The van der Waals surface area contributed by atoms with Crippen molar-refractivity contribution in [3.8, 4) is 5.75 Å². The molecule has 4 nitrogen and oxygen atoms in total. The van der Waals surface area contributed by atoms with E-state index in [0.29, 0.717) is 22.3 Å². The first kappa shape index (κ1) is 17.0. The molecule has 3 aliphatic rings. The smallest absolute Gasteiger partial charge is 0.192 e. The van der Waals surface area contributed by atoms with Gasteiger partial charge in [0.2, 0.25) is 0 Å². The molecule has 2 aliphatic carbocycles. The third-order valence-corrected chi connectivity index (χ3v) is 6.19. The molecule has 0 fully saturated rings. The van der Waals surface area contributed by atoms with Gasteiger partial charge in [0.05, 0.1) is 18.5 Å². The van der Waals surface area contributed by atoms with Crippen molar-refractivity contribution in [2.45, 2.75) is 5.92 Å². The first-order valence-corrected chi connectivity index (χ1v) is 9.86. The highest BCUT2D eigenvalue weighted by Gasteiger charge is 2.46. The number of benzene rings is 3. The number of dihydropyridines is 1. The van der Waals surface area contributed by atoms with Crippen molar-refractivity contribution in [2.24, 2.45) is 0 Å². The van der Waals surface area contributed by atoms with Gasteiger partial charge in [-0.1, -0.05) is 60.7 Å². The lowest BCUT2D eigenvalue weighted by Gasteiger charge is -2.28. The summed E-state index contributed by atoms with van der Waals surface area (Å²) in [4.78, 5) is 26.9. The first-order valence-electron chi connectivity index (χ1n) is 9.86. The van der Waals surface area contributed by atoms with Gasteiger partial charge < -0.3 is 10.1 Å². The molecule has 4 heteroatoms. The maximum atomic E-state index is 13.4. The molecule has 0 radical (unpaired) electrons. The Hall–Kier alpha value is -3.92. The van der Waals surface area contributed by atoms with Gasteiger partial charge >= 0.3 is 0 Å². The van der Waals surface area contributed by atoms with Crippen molar-refractivity contribution in [1.29, 1.82) is 0 Å². The molecule has 0 spiro atoms. The minimum absolute atomic E-state index is 0.0239. The molecule has 0 aromatic heterocycles. The van der Waals surface area contributed by atoms with Crippen LogP contribution in [0.1, 0.15) is 43.3 Å². The molecule has 30 heavy (non-hydrogen) atoms. The van der Waals surface area contributed by atoms with Gasteiger partial charge in [-0.05, 0) is 17.7 Å². The number of allylic oxidation sites excluding steroid dienone is 2. The lowest BCUT2D eigenvalue weighted by Crippen LogP contribution is -2.25. The van der Waals surface area contributed by atoms with E-state index in [1.54, 1.807) is 7.11 Å². The van der Waals surface area contributed by atoms with Crippen LogP contribution in [-0.4, -0.2) is 18.7 Å². The number of carbonyl (C=O) groups excluding carboxylic acids is 2. The van der Waals surface area contributed by atoms with E-state index in [9.17, 15) is 9.59 Å². The van der Waals surface area contributed by atoms with Crippen molar-refractivity contribution >= 4 is 23.0 Å². The summed E-state index contributed by atoms with van der Waals surface area (Å²) in [6.45, 7) is 0. The maximum Gasteiger partial charge on any atom is 0.192 e. The van der Waals surface area contributed by atoms with Crippen molar-refractivity contribution in [3.63, 3.8) is 0 Å². The number of ketones is 2. The highest BCUT2D eigenvalue weighted by Crippen LogP contribution is 2.51. The number of hydrogen-bond donors (Lipinski definition) is 1. The fourth-order valence-corrected chi connectivity index (χ4v) is 4.82. The van der Waals surface area contributed by atoms with E-state index in [4.69, 9.17) is 4.74 Å². The minimum atomic E-state index is -0.429. The lowest BCUT2D eigenvalue weighted by atomic mass is 9.79. The fraction of sp³-hybridized carbons (Fsp3) is 0.0769. The lowest BCUT2D eigenvalue weighted by molar-refractivity contribution is 0.102. The van der Waals surface area contributed by atoms with Gasteiger partial charge in [-0.15, -0.1) is 0 Å². The second-order valence-electron chi connectivity index (χ2n) is 7.66. The summed E-state index contributed by atoms with van der Waals surface area (Å²) in [7, 11) is 1.62. The monoisotopic (exact) mass is 391 g/mol. The highest BCUT2D eigenvalue weighted by molar-refractivity contribution is 6.29. The summed E-state index contributed by atoms with van der Waals surface area (Å²) < 4.78 is 5.30. The molecule has 1 heterocycles. The SMILES string of the molecule is COc1ccc(C2C3=C(NC4=C2C(=O)c2ccccc24)c2ccccc2C3=O)cc1. The molecule has 0 bridgehead atoms. The Bertz CT molecular complexity index is 1250. The van der Waals surface area contributed by atoms with Crippen LogP contribution in [0, 0.1) is 0 Å². The van der Waals surface area contributed by atoms with Crippen LogP contribution < -0.4 is 10.1 Å². The first-order chi connectivity index (χ1) is 14.7. The molecule has 6 rings (SSSR count). The van der Waals surface area contributed by atoms with Crippen molar-refractivity contribution in [2.75, 3.05) is 7.11 Å². The second kappa shape index (κ2) is 6.04. The van der Waals surface area contributed by atoms with E-state index in [2.05, 4.69) is 5.32 Å². The summed E-state index contributed by atoms with van der Waals surface area (Å²) >= 11 is 0. The average Bonchev–Trinajstić information content (AvgIpc) is 3.25. The van der Waals surface area contributed by atoms with Gasteiger partial charge in [0.15, 0.2) is 11.6 Å². The molecule has 0 atom stereocenters. The number of ether oxygens (including phenoxy) is 1. The van der Waals surface area contributed by atoms with Crippen LogP contribution in [0.15, 0.2) is 83.9 Å². The van der Waals surface area contributed by atoms with E-state index in [1.165, 1.54) is 0 Å². The maximum absolute atomic E-state index is 13.4. The zero-order valence-electron chi connectivity index (χ0n) is 16.2. The van der Waals surface area contributed by atoms with E-state index in [-0.39, 0.29) is 11.6 Å². The standard InChI is InChI=1S/C26H17NO3/c1-30-15-12-10-14(11-13-15)20-21-23(16-6-2-4-8-18(16)25(21)28)27-24-17-7-3-5-9-19(17)26(29)22(20)24/h2-13,20,27H,1H3. The number of hydrogen-bond acceptors (Lipinski definition) is 4. The number of methoxy groups -OCH3 is 1. The van der Waals surface area contributed by atoms with Crippen molar-refractivity contribution < 1.29 is 14.3 Å². The van der Waals surface area contributed by atoms with Gasteiger partial charge in [0, 0.05) is 39.3 Å². The largest absolute Gasteiger partial charge is 0.497 e. The summed E-state index contributed by atoms with van der Waals surface area (Å²) in [5.41, 5.74) is 6.92. The second-order valence-corrected chi connectivity index (χ2v) is 7.66. The third-order valence-electron chi connectivity index (χ3n) is 6.19. The van der Waals surface area contributed by atoms with Gasteiger partial charge in [-0.25, -0.2) is 0 Å². The Labute approximate surface area is 173 Å². The number of carbonyl (C=O) groups is 2. The predicted octanol–water partition coefficient (Wildman–Crippen LogP) is 4.60. The molecule has 3 aromatic carbocycles. The van der Waals surface area contributed by atoms with E-state index in [1.807, 2.05) is 72.8 Å². The third kappa shape index (κ3) is 2.10. The van der Waals surface area contributed by atoms with E-state index >= 15 is 0 Å². The summed E-state index contributed by atoms with van der Waals surface area (Å²) in [5, 5.41) is 3.47. The molecular formula is C26H17NO3. The molecule has 3 aromatic rings. The van der Waals surface area contributed by atoms with Crippen LogP contribution >= 0.6 is 0 Å². The zero-order chi connectivity index (χ0) is 20.4. The quantitative estimate of drug-likeness (QED) is 0.694. The van der Waals surface area contributed by atoms with Crippen LogP contribution in [0.5, 0.6) is 5.75 Å². The van der Waals surface area contributed by atoms with Gasteiger partial charge in [-0.2, -0.15) is 0 Å². The minimum Gasteiger partial charge on any atom is -0.497 e. The predicted molar refractivity (Wildman–Crippen MR) is 114 cm³/mol. The normalized spacial score (nSPS) is 16.8. The number of nitrogens with one attached hydrogen (secondary N) is 1. The molecule has 0 saturated heterocycles. The molecule has 0 unspecified atom stereocenters. The average molecular weight is 391 g/mol. The molecule has 1 N–H and O–H groups in total. The van der Waals surface area contributed by atoms with Gasteiger partial charge in [0.25, 0.3) is 0 Å². The van der Waals surface area contributed by atoms with Crippen molar-refractivity contribution in [1.82, 2.24) is 5.32 Å². The van der Waals surface area contributed by atoms with Gasteiger partial charge in [0.1, 0.15) is 5.75 Å². The molecule has 144 valence electrons. The summed E-state index contributed by atoms with van der Waals surface area (Å²) in [5.74, 6) is 0.258. The van der Waals surface area contributed by atoms with E-state index in [0.717, 1.165) is 33.8 Å². The Morgan fingerprint density at radius 2 is 1.13 bits per heavy atom. The van der Waals surface area contributed by atoms with Crippen LogP contribution in [0.2, 0.25) is 0 Å². The van der Waals surface area contributed by atoms with E-state index < -0.39 is 5.92 Å². The van der Waals surface area contributed by atoms with Crippen LogP contribution in [0.4, 0.5) is 0 Å². The van der Waals surface area contributed by atoms with Gasteiger partial charge in [-0.3, -0.25) is 9.59 Å². The number of Topliss-reactive ketones (excluding diaryl/α,β-unsaturated/α-hetero) is 2. The fourth-order valence-electron chi connectivity index (χ4n) is 4.82. The molecular weight excluding hydrogens is 374 g/mol. The molecule has 0 saturated carbocycles. The number of fused-ring (bicyclic) bond motifs is 4. The Morgan fingerprint density at radius 1 is 0.667 bits per heavy atom. The number of rotatable bonds is 2. The Balaban J connectivity index is 1.61. The molecule has 0 amide bonds. The molecule has 1 aliphatic heterocycles. The van der Waals surface area contributed by atoms with Crippen LogP contribution in [-0.2, 0) is 0 Å². The summed E-state index contributed by atoms with van der Waals surface area (Å²) in [6, 6.07) is 22.9. The van der Waals surface area contributed by atoms with Crippen LogP contribution in [0.25, 0.3) is 11.4 Å². The highest BCUT2D eigenvalue weighted by atomic mass is 16.5. The van der Waals surface area contributed by atoms with Crippen LogP contribution in [0.3, 0.4) is 0 Å². The Kier molecular flexibility index (Phi) is 3.42. The summed E-state index contributed by atoms with van der Waals surface area (Å²) in [6.07, 6.45) is 0. The zero-order valence-corrected chi connectivity index (χ0v) is 16.2. The topological polar surface area (TPSA) is 55.4 Å².